The molecule has 0 bridgehead atoms. The molecular formula is C10H7Br2NS. The fourth-order valence-corrected chi connectivity index (χ4v) is 2.90. The smallest absolute Gasteiger partial charge is 0.124 e. The summed E-state index contributed by atoms with van der Waals surface area (Å²) in [4.78, 5) is 4.40. The molecule has 1 nitrogen and oxygen atoms in total. The lowest BCUT2D eigenvalue weighted by molar-refractivity contribution is 1.34. The van der Waals surface area contributed by atoms with Crippen molar-refractivity contribution in [2.75, 3.05) is 0 Å². The van der Waals surface area contributed by atoms with E-state index in [4.69, 9.17) is 0 Å². The lowest BCUT2D eigenvalue weighted by Crippen LogP contribution is -1.81. The highest BCUT2D eigenvalue weighted by Gasteiger charge is 2.06. The van der Waals surface area contributed by atoms with Gasteiger partial charge in [-0.15, -0.1) is 11.3 Å². The second-order valence-corrected chi connectivity index (χ2v) is 5.52. The minimum Gasteiger partial charge on any atom is -0.229 e. The quantitative estimate of drug-likeness (QED) is 0.741. The largest absolute Gasteiger partial charge is 0.229 e. The van der Waals surface area contributed by atoms with Crippen LogP contribution in [0, 0.1) is 6.92 Å². The Morgan fingerprint density at radius 1 is 1.29 bits per heavy atom. The first-order valence-corrected chi connectivity index (χ1v) is 6.51. The Balaban J connectivity index is 2.55. The summed E-state index contributed by atoms with van der Waals surface area (Å²) in [5, 5.41) is 3.05. The maximum atomic E-state index is 4.40. The first-order chi connectivity index (χ1) is 6.66. The van der Waals surface area contributed by atoms with Gasteiger partial charge in [0.2, 0.25) is 0 Å². The topological polar surface area (TPSA) is 12.9 Å². The standard InChI is InChI=1S/C10H7Br2NS/c1-6-2-3-7(11)4-8(6)10-13-9(12)5-14-10/h2-5H,1H3. The predicted octanol–water partition coefficient (Wildman–Crippen LogP) is 4.64. The first-order valence-electron chi connectivity index (χ1n) is 4.04. The van der Waals surface area contributed by atoms with E-state index in [2.05, 4.69) is 55.9 Å². The van der Waals surface area contributed by atoms with Crippen LogP contribution in [0.15, 0.2) is 32.7 Å². The first kappa shape index (κ1) is 10.3. The highest BCUT2D eigenvalue weighted by atomic mass is 79.9. The molecule has 1 heterocycles. The number of benzene rings is 1. The molecule has 0 radical (unpaired) electrons. The molecule has 1 aromatic heterocycles. The Hall–Kier alpha value is -0.190. The van der Waals surface area contributed by atoms with E-state index < -0.39 is 0 Å². The molecular weight excluding hydrogens is 326 g/mol. The van der Waals surface area contributed by atoms with E-state index in [9.17, 15) is 0 Å². The SMILES string of the molecule is Cc1ccc(Br)cc1-c1nc(Br)cs1. The van der Waals surface area contributed by atoms with Gasteiger partial charge < -0.3 is 0 Å². The number of rotatable bonds is 1. The van der Waals surface area contributed by atoms with Crippen molar-refractivity contribution in [3.63, 3.8) is 0 Å². The summed E-state index contributed by atoms with van der Waals surface area (Å²) < 4.78 is 1.99. The third-order valence-electron chi connectivity index (χ3n) is 1.91. The molecule has 72 valence electrons. The Bertz CT molecular complexity index is 465. The maximum Gasteiger partial charge on any atom is 0.124 e. The van der Waals surface area contributed by atoms with E-state index in [1.165, 1.54) is 11.1 Å². The minimum absolute atomic E-state index is 0.900. The molecule has 0 fully saturated rings. The van der Waals surface area contributed by atoms with Crippen LogP contribution >= 0.6 is 43.2 Å². The molecule has 0 aliphatic heterocycles. The molecule has 0 amide bonds. The van der Waals surface area contributed by atoms with E-state index in [-0.39, 0.29) is 0 Å². The molecule has 2 rings (SSSR count). The van der Waals surface area contributed by atoms with E-state index in [1.54, 1.807) is 11.3 Å². The van der Waals surface area contributed by atoms with Crippen LogP contribution in [-0.2, 0) is 0 Å². The molecule has 0 N–H and O–H groups in total. The molecule has 4 heteroatoms. The summed E-state index contributed by atoms with van der Waals surface area (Å²) in [5.41, 5.74) is 2.44. The summed E-state index contributed by atoms with van der Waals surface area (Å²) in [5.74, 6) is 0. The van der Waals surface area contributed by atoms with Crippen molar-refractivity contribution in [2.45, 2.75) is 6.92 Å². The van der Waals surface area contributed by atoms with Crippen molar-refractivity contribution in [3.8, 4) is 10.6 Å². The fraction of sp³-hybridized carbons (Fsp3) is 0.100. The van der Waals surface area contributed by atoms with Gasteiger partial charge in [-0.3, -0.25) is 0 Å². The summed E-state index contributed by atoms with van der Waals surface area (Å²) in [6, 6.07) is 6.23. The van der Waals surface area contributed by atoms with Crippen molar-refractivity contribution >= 4 is 43.2 Å². The Kier molecular flexibility index (Phi) is 3.04. The van der Waals surface area contributed by atoms with Gasteiger partial charge in [0, 0.05) is 15.4 Å². The Morgan fingerprint density at radius 3 is 2.71 bits per heavy atom. The molecule has 2 aromatic rings. The van der Waals surface area contributed by atoms with E-state index in [1.807, 2.05) is 11.4 Å². The average Bonchev–Trinajstić information content (AvgIpc) is 2.56. The molecule has 0 unspecified atom stereocenters. The van der Waals surface area contributed by atoms with Crippen LogP contribution in [0.3, 0.4) is 0 Å². The van der Waals surface area contributed by atoms with Crippen LogP contribution in [0.5, 0.6) is 0 Å². The Labute approximate surface area is 103 Å². The van der Waals surface area contributed by atoms with Crippen molar-refractivity contribution < 1.29 is 0 Å². The Morgan fingerprint density at radius 2 is 2.07 bits per heavy atom. The van der Waals surface area contributed by atoms with Gasteiger partial charge in [0.05, 0.1) is 0 Å². The van der Waals surface area contributed by atoms with Crippen LogP contribution in [0.4, 0.5) is 0 Å². The van der Waals surface area contributed by atoms with Crippen molar-refractivity contribution in [3.05, 3.63) is 38.2 Å². The zero-order chi connectivity index (χ0) is 10.1. The average molecular weight is 333 g/mol. The molecule has 14 heavy (non-hydrogen) atoms. The number of hydrogen-bond donors (Lipinski definition) is 0. The summed E-state index contributed by atoms with van der Waals surface area (Å²) in [7, 11) is 0. The fourth-order valence-electron chi connectivity index (χ4n) is 1.20. The number of thiazole rings is 1. The summed E-state index contributed by atoms with van der Waals surface area (Å²) in [6.45, 7) is 2.09. The second kappa shape index (κ2) is 4.13. The normalized spacial score (nSPS) is 10.5. The van der Waals surface area contributed by atoms with Crippen LogP contribution < -0.4 is 0 Å². The maximum absolute atomic E-state index is 4.40. The van der Waals surface area contributed by atoms with Gasteiger partial charge in [0.1, 0.15) is 9.61 Å². The summed E-state index contributed by atoms with van der Waals surface area (Å²) >= 11 is 8.47. The molecule has 0 aliphatic carbocycles. The van der Waals surface area contributed by atoms with Gasteiger partial charge in [-0.1, -0.05) is 22.0 Å². The van der Waals surface area contributed by atoms with Crippen molar-refractivity contribution in [1.82, 2.24) is 4.98 Å². The van der Waals surface area contributed by atoms with Crippen molar-refractivity contribution in [1.29, 1.82) is 0 Å². The zero-order valence-electron chi connectivity index (χ0n) is 7.42. The molecule has 0 saturated carbocycles. The second-order valence-electron chi connectivity index (χ2n) is 2.93. The minimum atomic E-state index is 0.900. The van der Waals surface area contributed by atoms with Gasteiger partial charge in [-0.2, -0.15) is 0 Å². The molecule has 0 aliphatic rings. The van der Waals surface area contributed by atoms with E-state index >= 15 is 0 Å². The molecule has 0 atom stereocenters. The number of nitrogens with zero attached hydrogens (tertiary/aromatic N) is 1. The number of hydrogen-bond acceptors (Lipinski definition) is 2. The number of aromatic nitrogens is 1. The van der Waals surface area contributed by atoms with Crippen molar-refractivity contribution in [2.24, 2.45) is 0 Å². The predicted molar refractivity (Wildman–Crippen MR) is 67.7 cm³/mol. The van der Waals surface area contributed by atoms with Crippen LogP contribution in [-0.4, -0.2) is 4.98 Å². The summed E-state index contributed by atoms with van der Waals surface area (Å²) in [6.07, 6.45) is 0. The van der Waals surface area contributed by atoms with Crippen LogP contribution in [0.2, 0.25) is 0 Å². The van der Waals surface area contributed by atoms with Gasteiger partial charge in [0.25, 0.3) is 0 Å². The molecule has 0 spiro atoms. The third-order valence-corrected chi connectivity index (χ3v) is 3.98. The number of halogens is 2. The van der Waals surface area contributed by atoms with E-state index in [0.717, 1.165) is 14.1 Å². The zero-order valence-corrected chi connectivity index (χ0v) is 11.4. The lowest BCUT2D eigenvalue weighted by Gasteiger charge is -2.02. The van der Waals surface area contributed by atoms with E-state index in [0.29, 0.717) is 0 Å². The monoisotopic (exact) mass is 331 g/mol. The van der Waals surface area contributed by atoms with Crippen LogP contribution in [0.1, 0.15) is 5.56 Å². The van der Waals surface area contributed by atoms with Gasteiger partial charge in [0.15, 0.2) is 0 Å². The molecule has 0 saturated heterocycles. The highest BCUT2D eigenvalue weighted by Crippen LogP contribution is 2.30. The van der Waals surface area contributed by atoms with Gasteiger partial charge in [-0.05, 0) is 40.5 Å². The third kappa shape index (κ3) is 2.07. The van der Waals surface area contributed by atoms with Crippen LogP contribution in [0.25, 0.3) is 10.6 Å². The molecule has 1 aromatic carbocycles. The van der Waals surface area contributed by atoms with Gasteiger partial charge in [-0.25, -0.2) is 4.98 Å². The lowest BCUT2D eigenvalue weighted by atomic mass is 10.1. The highest BCUT2D eigenvalue weighted by molar-refractivity contribution is 9.10. The van der Waals surface area contributed by atoms with Gasteiger partial charge >= 0.3 is 0 Å². The number of aryl methyl sites for hydroxylation is 1.